The maximum Gasteiger partial charge on any atom is 0.0713 e. The highest BCUT2D eigenvalue weighted by Gasteiger charge is 2.55. The minimum atomic E-state index is -0.447. The van der Waals surface area contributed by atoms with E-state index in [4.69, 9.17) is 0 Å². The van der Waals surface area contributed by atoms with Gasteiger partial charge in [-0.25, -0.2) is 0 Å². The summed E-state index contributed by atoms with van der Waals surface area (Å²) in [6.07, 6.45) is 8.35. The Bertz CT molecular complexity index is 3060. The first-order chi connectivity index (χ1) is 33.2. The highest BCUT2D eigenvalue weighted by atomic mass is 15.1. The molecule has 67 heavy (non-hydrogen) atoms. The van der Waals surface area contributed by atoms with Crippen LogP contribution in [0.3, 0.4) is 0 Å². The molecule has 5 aliphatic carbocycles. The summed E-state index contributed by atoms with van der Waals surface area (Å²) in [5, 5.41) is 0. The topological polar surface area (TPSA) is 3.24 Å². The van der Waals surface area contributed by atoms with Gasteiger partial charge in [0.2, 0.25) is 0 Å². The largest absolute Gasteiger partial charge is 0.310 e. The van der Waals surface area contributed by atoms with Crippen LogP contribution >= 0.6 is 0 Å². The SMILES string of the molecule is c1ccc(C2(c3ccc(N(c4ccc(C5(c6ccccc6)c6ccccc6-c6ccccc65)cc4)c4cccc(C56CCC7CC(CC5C7)C6)c4)cc3)c3ccccc3-c3ccccc32)cc1. The second-order valence-corrected chi connectivity index (χ2v) is 20.4. The maximum absolute atomic E-state index is 2.59. The zero-order valence-electron chi connectivity index (χ0n) is 37.9. The molecule has 0 heterocycles. The van der Waals surface area contributed by atoms with E-state index in [-0.39, 0.29) is 0 Å². The Kier molecular flexibility index (Phi) is 8.67. The number of benzene rings is 9. The molecule has 0 radical (unpaired) electrons. The van der Waals surface area contributed by atoms with Crippen LogP contribution in [0.4, 0.5) is 17.1 Å². The molecule has 0 amide bonds. The van der Waals surface area contributed by atoms with E-state index in [0.717, 1.165) is 29.1 Å². The highest BCUT2D eigenvalue weighted by Crippen LogP contribution is 2.64. The van der Waals surface area contributed by atoms with Crippen molar-refractivity contribution in [1.82, 2.24) is 0 Å². The summed E-state index contributed by atoms with van der Waals surface area (Å²) in [5.41, 5.74) is 20.3. The van der Waals surface area contributed by atoms with Crippen molar-refractivity contribution in [2.24, 2.45) is 17.8 Å². The molecule has 4 atom stereocenters. The molecule has 322 valence electrons. The third-order valence-electron chi connectivity index (χ3n) is 17.5. The van der Waals surface area contributed by atoms with Crippen LogP contribution in [0.25, 0.3) is 22.3 Å². The van der Waals surface area contributed by atoms with Gasteiger partial charge in [0.25, 0.3) is 0 Å². The number of anilines is 3. The van der Waals surface area contributed by atoms with Crippen molar-refractivity contribution < 1.29 is 0 Å². The average molecular weight is 860 g/mol. The first-order valence-electron chi connectivity index (χ1n) is 24.8. The predicted octanol–water partition coefficient (Wildman–Crippen LogP) is 16.4. The van der Waals surface area contributed by atoms with Gasteiger partial charge in [-0.1, -0.05) is 194 Å². The van der Waals surface area contributed by atoms with Gasteiger partial charge in [-0.3, -0.25) is 0 Å². The van der Waals surface area contributed by atoms with E-state index in [0.29, 0.717) is 5.41 Å². The van der Waals surface area contributed by atoms with Crippen LogP contribution in [0, 0.1) is 17.8 Å². The van der Waals surface area contributed by atoms with Gasteiger partial charge < -0.3 is 4.90 Å². The summed E-state index contributed by atoms with van der Waals surface area (Å²) in [6, 6.07) is 87.6. The molecule has 3 fully saturated rings. The molecule has 3 saturated carbocycles. The van der Waals surface area contributed by atoms with Crippen LogP contribution in [-0.2, 0) is 16.2 Å². The van der Waals surface area contributed by atoms with Gasteiger partial charge in [0, 0.05) is 17.1 Å². The summed E-state index contributed by atoms with van der Waals surface area (Å²) in [6.45, 7) is 0. The van der Waals surface area contributed by atoms with Crippen LogP contribution in [0.2, 0.25) is 0 Å². The van der Waals surface area contributed by atoms with Crippen LogP contribution in [0.5, 0.6) is 0 Å². The van der Waals surface area contributed by atoms with Gasteiger partial charge >= 0.3 is 0 Å². The summed E-state index contributed by atoms with van der Waals surface area (Å²) >= 11 is 0. The van der Waals surface area contributed by atoms with Gasteiger partial charge in [-0.05, 0) is 170 Å². The van der Waals surface area contributed by atoms with Crippen LogP contribution in [-0.4, -0.2) is 0 Å². The standard InChI is InChI=1S/C66H53N/c1-3-16-47(17-4-1)65(60-26-11-7-22-56(60)57-23-8-12-27-61(57)65)49-30-34-53(35-31-49)67(55-21-15-20-51(43-55)64-39-38-45-40-46(44-64)42-52(64)41-45)54-36-32-50(33-37-54)66(48-18-5-2-6-19-48)62-28-13-9-24-58(62)59-25-10-14-29-63(59)66/h1-37,43,45-46,52H,38-42,44H2. The molecule has 1 nitrogen and oxygen atoms in total. The van der Waals surface area contributed by atoms with E-state index >= 15 is 0 Å². The molecule has 9 aromatic carbocycles. The number of hydrogen-bond acceptors (Lipinski definition) is 1. The minimum Gasteiger partial charge on any atom is -0.310 e. The Morgan fingerprint density at radius 1 is 0.328 bits per heavy atom. The quantitative estimate of drug-likeness (QED) is 0.147. The van der Waals surface area contributed by atoms with Crippen LogP contribution in [0.15, 0.2) is 231 Å². The normalized spacial score (nSPS) is 21.8. The van der Waals surface area contributed by atoms with Crippen molar-refractivity contribution in [3.8, 4) is 22.3 Å². The van der Waals surface area contributed by atoms with Gasteiger partial charge in [0.15, 0.2) is 0 Å². The second-order valence-electron chi connectivity index (χ2n) is 20.4. The summed E-state index contributed by atoms with van der Waals surface area (Å²) < 4.78 is 0. The number of nitrogens with zero attached hydrogens (tertiary/aromatic N) is 1. The van der Waals surface area contributed by atoms with Gasteiger partial charge in [0.1, 0.15) is 0 Å². The van der Waals surface area contributed by atoms with Gasteiger partial charge in [-0.15, -0.1) is 0 Å². The summed E-state index contributed by atoms with van der Waals surface area (Å²) in [4.78, 5) is 2.54. The fourth-order valence-electron chi connectivity index (χ4n) is 14.9. The zero-order chi connectivity index (χ0) is 44.2. The Labute approximate surface area is 395 Å². The predicted molar refractivity (Wildman–Crippen MR) is 276 cm³/mol. The van der Waals surface area contributed by atoms with Gasteiger partial charge in [-0.2, -0.15) is 0 Å². The summed E-state index contributed by atoms with van der Waals surface area (Å²) in [7, 11) is 0. The second kappa shape index (κ2) is 14.9. The third-order valence-corrected chi connectivity index (χ3v) is 17.5. The molecule has 0 aromatic heterocycles. The Morgan fingerprint density at radius 2 is 0.731 bits per heavy atom. The van der Waals surface area contributed by atoms with Crippen LogP contribution < -0.4 is 4.90 Å². The molecular formula is C66H53N. The minimum absolute atomic E-state index is 0.295. The molecule has 0 spiro atoms. The number of fused-ring (bicyclic) bond motifs is 8. The van der Waals surface area contributed by atoms with E-state index in [9.17, 15) is 0 Å². The third kappa shape index (κ3) is 5.49. The van der Waals surface area contributed by atoms with Gasteiger partial charge in [0.05, 0.1) is 10.8 Å². The molecule has 3 bridgehead atoms. The molecule has 4 unspecified atom stereocenters. The average Bonchev–Trinajstić information content (AvgIpc) is 3.94. The fourth-order valence-corrected chi connectivity index (χ4v) is 14.9. The lowest BCUT2D eigenvalue weighted by molar-refractivity contribution is 0.150. The van der Waals surface area contributed by atoms with E-state index in [1.165, 1.54) is 111 Å². The number of rotatable bonds is 8. The lowest BCUT2D eigenvalue weighted by Crippen LogP contribution is -2.36. The highest BCUT2D eigenvalue weighted by molar-refractivity contribution is 5.88. The van der Waals surface area contributed by atoms with Crippen LogP contribution in [0.1, 0.15) is 88.6 Å². The lowest BCUT2D eigenvalue weighted by Gasteiger charge is -2.43. The molecule has 14 rings (SSSR count). The summed E-state index contributed by atoms with van der Waals surface area (Å²) in [5.74, 6) is 2.63. The molecular weight excluding hydrogens is 807 g/mol. The lowest BCUT2D eigenvalue weighted by atomic mass is 9.61. The first-order valence-corrected chi connectivity index (χ1v) is 24.8. The zero-order valence-corrected chi connectivity index (χ0v) is 37.9. The van der Waals surface area contributed by atoms with Crippen molar-refractivity contribution in [1.29, 1.82) is 0 Å². The van der Waals surface area contributed by atoms with E-state index in [1.807, 2.05) is 0 Å². The molecule has 0 saturated heterocycles. The Hall–Kier alpha value is -7.22. The smallest absolute Gasteiger partial charge is 0.0713 e. The Balaban J connectivity index is 0.945. The van der Waals surface area contributed by atoms with Crippen molar-refractivity contribution in [3.63, 3.8) is 0 Å². The Morgan fingerprint density at radius 3 is 1.21 bits per heavy atom. The van der Waals surface area contributed by atoms with E-state index in [1.54, 1.807) is 5.56 Å². The first kappa shape index (κ1) is 39.0. The fraction of sp³-hybridized carbons (Fsp3) is 0.182. The molecule has 0 aliphatic heterocycles. The molecule has 1 heteroatoms. The van der Waals surface area contributed by atoms with Crippen molar-refractivity contribution in [2.75, 3.05) is 4.90 Å². The monoisotopic (exact) mass is 859 g/mol. The van der Waals surface area contributed by atoms with E-state index < -0.39 is 10.8 Å². The maximum atomic E-state index is 2.59. The molecule has 5 aliphatic rings. The molecule has 0 N–H and O–H groups in total. The van der Waals surface area contributed by atoms with Crippen molar-refractivity contribution >= 4 is 17.1 Å². The van der Waals surface area contributed by atoms with Crippen molar-refractivity contribution in [2.45, 2.75) is 54.8 Å². The molecule has 9 aromatic rings. The van der Waals surface area contributed by atoms with Crippen molar-refractivity contribution in [3.05, 3.63) is 281 Å². The number of hydrogen-bond donors (Lipinski definition) is 0. The van der Waals surface area contributed by atoms with E-state index in [2.05, 4.69) is 235 Å².